The number of hydrogen-bond acceptors (Lipinski definition) is 18. The summed E-state index contributed by atoms with van der Waals surface area (Å²) in [5.41, 5.74) is 0.259. The van der Waals surface area contributed by atoms with E-state index >= 15 is 0 Å². The molecule has 18 nitrogen and oxygen atoms in total. The third-order valence-corrected chi connectivity index (χ3v) is 9.24. The number of benzene rings is 4. The van der Waals surface area contributed by atoms with Crippen LogP contribution in [0.4, 0.5) is 0 Å². The molecule has 0 radical (unpaired) electrons. The molecule has 2 aliphatic heterocycles. The zero-order valence-electron chi connectivity index (χ0n) is 33.6. The summed E-state index contributed by atoms with van der Waals surface area (Å²) < 4.78 is 65.6. The maximum atomic E-state index is 13.3. The third-order valence-electron chi connectivity index (χ3n) is 9.24. The number of hydrogen-bond donors (Lipinski definition) is 0. The SMILES string of the molecule is C=CC(=O)Oc1ccc(C(=O)Oc2ccc(C(=O)O[C@@H]3CO[C@@H]4[C@H]3OC[C@H]4OC(=O)c3ccc(OC(=O)c4ccc(OC(=O)C=C)c(OC)c4)c(OC)c3)cc2OC)cc1OC. The second-order valence-electron chi connectivity index (χ2n) is 13.0. The van der Waals surface area contributed by atoms with Crippen LogP contribution in [0, 0.1) is 0 Å². The molecule has 4 aromatic carbocycles. The van der Waals surface area contributed by atoms with Gasteiger partial charge in [-0.2, -0.15) is 0 Å². The van der Waals surface area contributed by atoms with Crippen LogP contribution in [0.15, 0.2) is 98.1 Å². The molecule has 2 aliphatic rings. The van der Waals surface area contributed by atoms with Crippen molar-refractivity contribution in [2.75, 3.05) is 41.7 Å². The minimum absolute atomic E-state index is 0.00481. The summed E-state index contributed by atoms with van der Waals surface area (Å²) in [5.74, 6) is -4.12. The minimum Gasteiger partial charge on any atom is -0.493 e. The smallest absolute Gasteiger partial charge is 0.343 e. The van der Waals surface area contributed by atoms with Crippen LogP contribution in [-0.4, -0.2) is 102 Å². The van der Waals surface area contributed by atoms with E-state index < -0.39 is 60.2 Å². The molecule has 2 fully saturated rings. The first-order valence-electron chi connectivity index (χ1n) is 18.4. The van der Waals surface area contributed by atoms with Gasteiger partial charge in [0, 0.05) is 12.2 Å². The van der Waals surface area contributed by atoms with Crippen molar-refractivity contribution in [3.63, 3.8) is 0 Å². The third kappa shape index (κ3) is 9.83. The predicted molar refractivity (Wildman–Crippen MR) is 211 cm³/mol. The van der Waals surface area contributed by atoms with Crippen molar-refractivity contribution < 1.29 is 85.6 Å². The molecule has 4 atom stereocenters. The molecular weight excluding hydrogens is 816 g/mol. The molecule has 0 N–H and O–H groups in total. The molecule has 4 aromatic rings. The van der Waals surface area contributed by atoms with Crippen LogP contribution in [0.25, 0.3) is 0 Å². The Hall–Kier alpha value is -7.70. The molecule has 2 saturated heterocycles. The summed E-state index contributed by atoms with van der Waals surface area (Å²) in [6, 6.07) is 16.2. The van der Waals surface area contributed by atoms with Gasteiger partial charge in [-0.25, -0.2) is 28.8 Å². The summed E-state index contributed by atoms with van der Waals surface area (Å²) in [7, 11) is 5.32. The van der Waals surface area contributed by atoms with Crippen LogP contribution >= 0.6 is 0 Å². The molecule has 0 unspecified atom stereocenters. The molecule has 18 heteroatoms. The lowest BCUT2D eigenvalue weighted by Gasteiger charge is -2.18. The summed E-state index contributed by atoms with van der Waals surface area (Å²) in [6.45, 7) is 6.58. The van der Waals surface area contributed by atoms with Crippen LogP contribution < -0.4 is 37.9 Å². The molecule has 6 rings (SSSR count). The van der Waals surface area contributed by atoms with Crippen LogP contribution in [0.1, 0.15) is 41.4 Å². The van der Waals surface area contributed by atoms with E-state index in [2.05, 4.69) is 13.2 Å². The first kappa shape index (κ1) is 43.9. The first-order chi connectivity index (χ1) is 29.9. The summed E-state index contributed by atoms with van der Waals surface area (Å²) in [6.07, 6.45) is -1.30. The van der Waals surface area contributed by atoms with Gasteiger partial charge in [-0.3, -0.25) is 0 Å². The highest BCUT2D eigenvalue weighted by Crippen LogP contribution is 2.36. The Labute approximate surface area is 353 Å². The topological polar surface area (TPSA) is 213 Å². The molecule has 62 heavy (non-hydrogen) atoms. The van der Waals surface area contributed by atoms with E-state index in [4.69, 9.17) is 56.8 Å². The van der Waals surface area contributed by atoms with Gasteiger partial charge >= 0.3 is 35.8 Å². The van der Waals surface area contributed by atoms with Gasteiger partial charge in [-0.1, -0.05) is 13.2 Å². The Morgan fingerprint density at radius 1 is 0.452 bits per heavy atom. The molecule has 0 saturated carbocycles. The van der Waals surface area contributed by atoms with Crippen LogP contribution in [0.2, 0.25) is 0 Å². The Bertz CT molecular complexity index is 2250. The van der Waals surface area contributed by atoms with Crippen LogP contribution in [-0.2, 0) is 28.5 Å². The van der Waals surface area contributed by atoms with Gasteiger partial charge in [0.1, 0.15) is 12.2 Å². The number of carbonyl (C=O) groups is 6. The van der Waals surface area contributed by atoms with Gasteiger partial charge in [0.2, 0.25) is 0 Å². The van der Waals surface area contributed by atoms with Crippen molar-refractivity contribution in [1.29, 1.82) is 0 Å². The number of carbonyl (C=O) groups excluding carboxylic acids is 6. The standard InChI is InChI=1S/C44H38O18/c1-7-37(45)57-27-13-9-23(17-31(27)51-3)41(47)59-29-15-11-25(19-33(29)53-5)43(49)61-35-21-55-40-36(22-56-39(35)40)62-44(50)26-12-16-30(34(20-26)54-6)60-42(48)24-10-14-28(32(18-24)52-4)58-38(46)8-2/h7-20,35-36,39-40H,1-2,21-22H2,3-6H3/t35-,36-,39+,40+/m1/s1. The summed E-state index contributed by atoms with van der Waals surface area (Å²) in [5, 5.41) is 0. The van der Waals surface area contributed by atoms with E-state index in [1.165, 1.54) is 101 Å². The lowest BCUT2D eigenvalue weighted by molar-refractivity contribution is -0.130. The number of fused-ring (bicyclic) bond motifs is 1. The van der Waals surface area contributed by atoms with E-state index in [9.17, 15) is 28.8 Å². The van der Waals surface area contributed by atoms with Crippen molar-refractivity contribution in [3.05, 3.63) is 120 Å². The summed E-state index contributed by atoms with van der Waals surface area (Å²) in [4.78, 5) is 75.8. The zero-order valence-corrected chi connectivity index (χ0v) is 33.6. The highest BCUT2D eigenvalue weighted by molar-refractivity contribution is 5.95. The Balaban J connectivity index is 1.04. The fourth-order valence-corrected chi connectivity index (χ4v) is 6.18. The van der Waals surface area contributed by atoms with Gasteiger partial charge in [0.05, 0.1) is 63.9 Å². The van der Waals surface area contributed by atoms with Crippen LogP contribution in [0.5, 0.6) is 46.0 Å². The van der Waals surface area contributed by atoms with Crippen molar-refractivity contribution in [2.45, 2.75) is 24.4 Å². The van der Waals surface area contributed by atoms with Gasteiger partial charge in [0.15, 0.2) is 58.2 Å². The van der Waals surface area contributed by atoms with E-state index in [-0.39, 0.29) is 81.5 Å². The second-order valence-corrected chi connectivity index (χ2v) is 13.0. The van der Waals surface area contributed by atoms with Crippen molar-refractivity contribution >= 4 is 35.8 Å². The number of methoxy groups -OCH3 is 4. The molecule has 0 amide bonds. The van der Waals surface area contributed by atoms with E-state index in [0.29, 0.717) is 0 Å². The first-order valence-corrected chi connectivity index (χ1v) is 18.4. The molecule has 0 aliphatic carbocycles. The second kappa shape index (κ2) is 19.6. The molecule has 0 aromatic heterocycles. The fourth-order valence-electron chi connectivity index (χ4n) is 6.18. The largest absolute Gasteiger partial charge is 0.493 e. The number of esters is 6. The Morgan fingerprint density at radius 2 is 0.742 bits per heavy atom. The van der Waals surface area contributed by atoms with E-state index in [0.717, 1.165) is 12.2 Å². The maximum Gasteiger partial charge on any atom is 0.343 e. The quantitative estimate of drug-likeness (QED) is 0.0833. The van der Waals surface area contributed by atoms with Gasteiger partial charge < -0.3 is 56.8 Å². The average molecular weight is 855 g/mol. The molecule has 322 valence electrons. The predicted octanol–water partition coefficient (Wildman–Crippen LogP) is 4.89. The molecular formula is C44H38O18. The molecule has 0 spiro atoms. The Kier molecular flexibility index (Phi) is 13.9. The highest BCUT2D eigenvalue weighted by Gasteiger charge is 2.51. The lowest BCUT2D eigenvalue weighted by Crippen LogP contribution is -2.36. The van der Waals surface area contributed by atoms with Gasteiger partial charge in [-0.05, 0) is 72.8 Å². The van der Waals surface area contributed by atoms with Gasteiger partial charge in [0.25, 0.3) is 0 Å². The molecule has 0 bridgehead atoms. The monoisotopic (exact) mass is 854 g/mol. The van der Waals surface area contributed by atoms with E-state index in [1.807, 2.05) is 0 Å². The normalized spacial score (nSPS) is 17.3. The van der Waals surface area contributed by atoms with Crippen LogP contribution in [0.3, 0.4) is 0 Å². The zero-order chi connectivity index (χ0) is 44.5. The number of rotatable bonds is 16. The summed E-state index contributed by atoms with van der Waals surface area (Å²) >= 11 is 0. The van der Waals surface area contributed by atoms with Gasteiger partial charge in [-0.15, -0.1) is 0 Å². The number of ether oxygens (including phenoxy) is 12. The van der Waals surface area contributed by atoms with Crippen molar-refractivity contribution in [3.8, 4) is 46.0 Å². The Morgan fingerprint density at radius 3 is 1.03 bits per heavy atom. The van der Waals surface area contributed by atoms with Crippen molar-refractivity contribution in [1.82, 2.24) is 0 Å². The van der Waals surface area contributed by atoms with E-state index in [1.54, 1.807) is 0 Å². The average Bonchev–Trinajstić information content (AvgIpc) is 3.88. The maximum absolute atomic E-state index is 13.3. The van der Waals surface area contributed by atoms with Crippen molar-refractivity contribution in [2.24, 2.45) is 0 Å². The lowest BCUT2D eigenvalue weighted by atomic mass is 10.1. The highest BCUT2D eigenvalue weighted by atomic mass is 16.7. The molecule has 2 heterocycles. The fraction of sp³-hybridized carbons (Fsp3) is 0.227. The minimum atomic E-state index is -0.865.